The van der Waals surface area contributed by atoms with E-state index < -0.39 is 4.93 Å². The molecule has 0 aromatic rings. The van der Waals surface area contributed by atoms with E-state index in [0.717, 1.165) is 19.3 Å². The van der Waals surface area contributed by atoms with Crippen LogP contribution in [0.1, 0.15) is 47.0 Å². The summed E-state index contributed by atoms with van der Waals surface area (Å²) >= 11 is 9.61. The van der Waals surface area contributed by atoms with Gasteiger partial charge in [0.15, 0.2) is 4.93 Å². The molecule has 0 radical (unpaired) electrons. The molecule has 0 aromatic carbocycles. The molecule has 0 rings (SSSR count). The molecular weight excluding hydrogens is 236 g/mol. The van der Waals surface area contributed by atoms with Crippen molar-refractivity contribution in [2.75, 3.05) is 0 Å². The predicted molar refractivity (Wildman–Crippen MR) is 69.7 cm³/mol. The first kappa shape index (κ1) is 15.0. The van der Waals surface area contributed by atoms with E-state index in [1.54, 1.807) is 0 Å². The SMILES string of the molecule is CCC(C)(S)OSC(CC)(CC)OS. The second-order valence-corrected chi connectivity index (χ2v) is 5.61. The lowest BCUT2D eigenvalue weighted by Crippen LogP contribution is -2.27. The Hall–Kier alpha value is 0.970. The van der Waals surface area contributed by atoms with Crippen LogP contribution in [0, 0.1) is 0 Å². The molecular formula is C9H20O2S3. The van der Waals surface area contributed by atoms with Gasteiger partial charge in [0.25, 0.3) is 0 Å². The zero-order chi connectivity index (χ0) is 11.2. The maximum Gasteiger partial charge on any atom is 0.152 e. The van der Waals surface area contributed by atoms with E-state index in [9.17, 15) is 0 Å². The molecule has 5 heteroatoms. The van der Waals surface area contributed by atoms with Gasteiger partial charge in [0.05, 0.1) is 0 Å². The van der Waals surface area contributed by atoms with E-state index in [0.29, 0.717) is 0 Å². The maximum absolute atomic E-state index is 5.62. The van der Waals surface area contributed by atoms with Crippen LogP contribution in [0.25, 0.3) is 0 Å². The van der Waals surface area contributed by atoms with E-state index in [4.69, 9.17) is 8.37 Å². The van der Waals surface area contributed by atoms with Crippen molar-refractivity contribution in [3.8, 4) is 0 Å². The monoisotopic (exact) mass is 256 g/mol. The van der Waals surface area contributed by atoms with Crippen molar-refractivity contribution in [3.05, 3.63) is 0 Å². The van der Waals surface area contributed by atoms with Crippen LogP contribution in [-0.4, -0.2) is 9.87 Å². The molecule has 1 unspecified atom stereocenters. The zero-order valence-corrected chi connectivity index (χ0v) is 11.8. The van der Waals surface area contributed by atoms with Crippen LogP contribution in [-0.2, 0) is 8.37 Å². The molecule has 0 fully saturated rings. The van der Waals surface area contributed by atoms with Gasteiger partial charge >= 0.3 is 0 Å². The minimum Gasteiger partial charge on any atom is -0.299 e. The molecule has 0 heterocycles. The van der Waals surface area contributed by atoms with Crippen LogP contribution in [0.3, 0.4) is 0 Å². The van der Waals surface area contributed by atoms with Crippen LogP contribution in [0.15, 0.2) is 0 Å². The second kappa shape index (κ2) is 6.53. The second-order valence-electron chi connectivity index (χ2n) is 3.40. The minimum atomic E-state index is -0.410. The Labute approximate surface area is 103 Å². The van der Waals surface area contributed by atoms with Crippen LogP contribution in [0.5, 0.6) is 0 Å². The molecule has 0 aliphatic rings. The molecule has 0 bridgehead atoms. The standard InChI is InChI=1S/C9H20O2S3/c1-5-8(4,12)11-14-9(6-2,7-3)10-13/h12-13H,5-7H2,1-4H3. The maximum atomic E-state index is 5.62. The summed E-state index contributed by atoms with van der Waals surface area (Å²) in [7, 11) is 0. The van der Waals surface area contributed by atoms with Crippen molar-refractivity contribution in [3.63, 3.8) is 0 Å². The summed E-state index contributed by atoms with van der Waals surface area (Å²) < 4.78 is 10.8. The quantitative estimate of drug-likeness (QED) is 0.406. The molecule has 14 heavy (non-hydrogen) atoms. The fraction of sp³-hybridized carbons (Fsp3) is 1.00. The molecule has 0 N–H and O–H groups in total. The van der Waals surface area contributed by atoms with E-state index in [1.807, 2.05) is 13.8 Å². The van der Waals surface area contributed by atoms with Gasteiger partial charge in [0.2, 0.25) is 0 Å². The van der Waals surface area contributed by atoms with Gasteiger partial charge in [0, 0.05) is 12.0 Å². The molecule has 0 aromatic heterocycles. The first-order chi connectivity index (χ1) is 6.45. The Morgan fingerprint density at radius 2 is 1.64 bits per heavy atom. The first-order valence-electron chi connectivity index (χ1n) is 4.87. The molecule has 1 atom stereocenters. The van der Waals surface area contributed by atoms with Gasteiger partial charge in [-0.2, -0.15) is 0 Å². The number of hydrogen-bond donors (Lipinski definition) is 2. The van der Waals surface area contributed by atoms with Gasteiger partial charge in [0.1, 0.15) is 4.93 Å². The average molecular weight is 256 g/mol. The number of hydrogen-bond acceptors (Lipinski definition) is 5. The van der Waals surface area contributed by atoms with Gasteiger partial charge in [-0.25, -0.2) is 0 Å². The highest BCUT2D eigenvalue weighted by atomic mass is 32.2. The molecule has 0 saturated heterocycles. The summed E-state index contributed by atoms with van der Waals surface area (Å²) in [6.45, 7) is 8.09. The largest absolute Gasteiger partial charge is 0.299 e. The highest BCUT2D eigenvalue weighted by Crippen LogP contribution is 2.39. The third-order valence-corrected chi connectivity index (χ3v) is 4.69. The molecule has 2 nitrogen and oxygen atoms in total. The summed E-state index contributed by atoms with van der Waals surface area (Å²) in [6, 6.07) is 0. The van der Waals surface area contributed by atoms with Crippen molar-refractivity contribution in [1.29, 1.82) is 0 Å². The van der Waals surface area contributed by atoms with E-state index >= 15 is 0 Å². The summed E-state index contributed by atoms with van der Waals surface area (Å²) in [4.78, 5) is -0.769. The Bertz CT molecular complexity index is 150. The van der Waals surface area contributed by atoms with Crippen molar-refractivity contribution >= 4 is 37.6 Å². The predicted octanol–water partition coefficient (Wildman–Crippen LogP) is 4.08. The van der Waals surface area contributed by atoms with Crippen LogP contribution in [0.2, 0.25) is 0 Å². The highest BCUT2D eigenvalue weighted by molar-refractivity contribution is 7.97. The van der Waals surface area contributed by atoms with Crippen molar-refractivity contribution < 1.29 is 8.37 Å². The number of rotatable bonds is 7. The fourth-order valence-electron chi connectivity index (χ4n) is 0.737. The lowest BCUT2D eigenvalue weighted by atomic mass is 10.2. The normalized spacial score (nSPS) is 16.7. The lowest BCUT2D eigenvalue weighted by molar-refractivity contribution is 0.156. The topological polar surface area (TPSA) is 18.5 Å². The highest BCUT2D eigenvalue weighted by Gasteiger charge is 2.31. The van der Waals surface area contributed by atoms with Crippen molar-refractivity contribution in [2.45, 2.75) is 56.8 Å². The fourth-order valence-corrected chi connectivity index (χ4v) is 1.91. The van der Waals surface area contributed by atoms with Gasteiger partial charge in [-0.1, -0.05) is 20.8 Å². The molecule has 0 saturated carbocycles. The molecule has 0 aliphatic carbocycles. The van der Waals surface area contributed by atoms with Crippen molar-refractivity contribution in [1.82, 2.24) is 0 Å². The minimum absolute atomic E-state index is 0.359. The molecule has 0 aliphatic heterocycles. The van der Waals surface area contributed by atoms with Gasteiger partial charge in [-0.3, -0.25) is 8.37 Å². The number of thiol groups is 2. The van der Waals surface area contributed by atoms with Gasteiger partial charge < -0.3 is 0 Å². The third-order valence-electron chi connectivity index (χ3n) is 2.27. The summed E-state index contributed by atoms with van der Waals surface area (Å²) in [5.41, 5.74) is 0. The lowest BCUT2D eigenvalue weighted by Gasteiger charge is -2.31. The Balaban J connectivity index is 4.19. The third kappa shape index (κ3) is 4.66. The molecule has 0 amide bonds. The summed E-state index contributed by atoms with van der Waals surface area (Å²) in [5.74, 6) is 0. The van der Waals surface area contributed by atoms with Gasteiger partial charge in [-0.05, 0) is 39.1 Å². The Morgan fingerprint density at radius 3 is 1.93 bits per heavy atom. The first-order valence-corrected chi connectivity index (χ1v) is 6.42. The Kier molecular flexibility index (Phi) is 6.98. The van der Waals surface area contributed by atoms with Crippen LogP contribution < -0.4 is 0 Å². The van der Waals surface area contributed by atoms with E-state index in [2.05, 4.69) is 39.4 Å². The summed E-state index contributed by atoms with van der Waals surface area (Å²) in [5, 5.41) is 0. The molecule has 0 spiro atoms. The van der Waals surface area contributed by atoms with Gasteiger partial charge in [-0.15, -0.1) is 12.6 Å². The smallest absolute Gasteiger partial charge is 0.152 e. The summed E-state index contributed by atoms with van der Waals surface area (Å²) in [6.07, 6.45) is 2.55. The van der Waals surface area contributed by atoms with Crippen molar-refractivity contribution in [2.24, 2.45) is 0 Å². The zero-order valence-electron chi connectivity index (χ0n) is 9.24. The van der Waals surface area contributed by atoms with Crippen LogP contribution in [0.4, 0.5) is 0 Å². The Morgan fingerprint density at radius 1 is 1.14 bits per heavy atom. The van der Waals surface area contributed by atoms with E-state index in [-0.39, 0.29) is 4.93 Å². The van der Waals surface area contributed by atoms with Crippen LogP contribution >= 0.6 is 37.6 Å². The molecule has 86 valence electrons. The average Bonchev–Trinajstić information content (AvgIpc) is 2.21. The van der Waals surface area contributed by atoms with E-state index in [1.165, 1.54) is 12.0 Å².